The van der Waals surface area contributed by atoms with Crippen LogP contribution in [0.25, 0.3) is 16.6 Å². The molecule has 0 bridgehead atoms. The third-order valence-corrected chi connectivity index (χ3v) is 6.33. The lowest BCUT2D eigenvalue weighted by atomic mass is 10.1. The number of H-pyrrole nitrogens is 1. The fourth-order valence-electron chi connectivity index (χ4n) is 3.50. The van der Waals surface area contributed by atoms with Gasteiger partial charge in [0.2, 0.25) is 0 Å². The molecule has 162 valence electrons. The van der Waals surface area contributed by atoms with Crippen LogP contribution in [0.15, 0.2) is 28.4 Å². The van der Waals surface area contributed by atoms with Gasteiger partial charge in [-0.3, -0.25) is 15.0 Å². The molecule has 1 atom stereocenters. The predicted molar refractivity (Wildman–Crippen MR) is 123 cm³/mol. The molecule has 1 unspecified atom stereocenters. The maximum Gasteiger partial charge on any atom is 0.190 e. The summed E-state index contributed by atoms with van der Waals surface area (Å²) >= 11 is 8.26. The van der Waals surface area contributed by atoms with Crippen molar-refractivity contribution >= 4 is 40.0 Å². The Labute approximate surface area is 185 Å². The maximum atomic E-state index is 12.7. The number of pyridine rings is 1. The summed E-state index contributed by atoms with van der Waals surface area (Å²) in [6.45, 7) is 8.88. The molecular weight excluding hydrogens is 424 g/mol. The van der Waals surface area contributed by atoms with Gasteiger partial charge in [-0.25, -0.2) is 0 Å². The fraction of sp³-hybridized carbons (Fsp3) is 0.476. The summed E-state index contributed by atoms with van der Waals surface area (Å²) in [4.78, 5) is 18.3. The zero-order chi connectivity index (χ0) is 21.1. The number of benzene rings is 1. The van der Waals surface area contributed by atoms with Crippen molar-refractivity contribution in [2.45, 2.75) is 25.4 Å². The van der Waals surface area contributed by atoms with Gasteiger partial charge in [0.15, 0.2) is 5.43 Å². The monoisotopic (exact) mass is 450 g/mol. The van der Waals surface area contributed by atoms with Gasteiger partial charge in [-0.1, -0.05) is 23.4 Å². The van der Waals surface area contributed by atoms with Crippen LogP contribution in [-0.2, 0) is 4.74 Å². The zero-order valence-corrected chi connectivity index (χ0v) is 18.7. The Kier molecular flexibility index (Phi) is 6.90. The number of rotatable bonds is 7. The largest absolute Gasteiger partial charge is 0.491 e. The smallest absolute Gasteiger partial charge is 0.190 e. The van der Waals surface area contributed by atoms with Gasteiger partial charge in [0.25, 0.3) is 0 Å². The SMILES string of the molecule is CC(C)NC1NC(c2cc(=O)c3ccc(OCCN4CCOCC4)c(Cl)c3[nH]2)=CS1. The molecule has 1 aromatic carbocycles. The lowest BCUT2D eigenvalue weighted by Crippen LogP contribution is -2.39. The number of morpholine rings is 1. The molecule has 2 aliphatic heterocycles. The van der Waals surface area contributed by atoms with Gasteiger partial charge in [0.1, 0.15) is 22.9 Å². The van der Waals surface area contributed by atoms with E-state index in [-0.39, 0.29) is 10.9 Å². The number of hydrogen-bond donors (Lipinski definition) is 3. The molecule has 2 aliphatic rings. The number of fused-ring (bicyclic) bond motifs is 1. The lowest BCUT2D eigenvalue weighted by molar-refractivity contribution is 0.0322. The van der Waals surface area contributed by atoms with Crippen molar-refractivity contribution in [1.82, 2.24) is 20.5 Å². The molecule has 3 N–H and O–H groups in total. The van der Waals surface area contributed by atoms with Crippen LogP contribution in [0.4, 0.5) is 0 Å². The molecule has 30 heavy (non-hydrogen) atoms. The molecular formula is C21H27ClN4O3S. The van der Waals surface area contributed by atoms with E-state index in [1.807, 2.05) is 5.41 Å². The van der Waals surface area contributed by atoms with Gasteiger partial charge in [0.05, 0.1) is 30.1 Å². The van der Waals surface area contributed by atoms with E-state index in [0.717, 1.165) is 38.5 Å². The number of aromatic amines is 1. The van der Waals surface area contributed by atoms with Crippen molar-refractivity contribution in [1.29, 1.82) is 0 Å². The second-order valence-electron chi connectivity index (χ2n) is 7.66. The number of hydrogen-bond acceptors (Lipinski definition) is 7. The van der Waals surface area contributed by atoms with Crippen molar-refractivity contribution in [3.8, 4) is 5.75 Å². The second kappa shape index (κ2) is 9.62. The normalized spacial score (nSPS) is 19.9. The highest BCUT2D eigenvalue weighted by Crippen LogP contribution is 2.32. The number of nitrogens with zero attached hydrogens (tertiary/aromatic N) is 1. The second-order valence-corrected chi connectivity index (χ2v) is 9.02. The quantitative estimate of drug-likeness (QED) is 0.598. The number of aromatic nitrogens is 1. The van der Waals surface area contributed by atoms with Crippen molar-refractivity contribution in [3.63, 3.8) is 0 Å². The van der Waals surface area contributed by atoms with E-state index in [9.17, 15) is 4.79 Å². The number of nitrogens with one attached hydrogen (secondary N) is 3. The summed E-state index contributed by atoms with van der Waals surface area (Å²) in [5, 5.41) is 9.79. The van der Waals surface area contributed by atoms with Crippen LogP contribution in [0.1, 0.15) is 19.5 Å². The molecule has 7 nitrogen and oxygen atoms in total. The summed E-state index contributed by atoms with van der Waals surface area (Å²) < 4.78 is 11.3. The Morgan fingerprint density at radius 2 is 2.17 bits per heavy atom. The van der Waals surface area contributed by atoms with Crippen LogP contribution in [0.5, 0.6) is 5.75 Å². The number of ether oxygens (including phenoxy) is 2. The van der Waals surface area contributed by atoms with E-state index < -0.39 is 0 Å². The minimum Gasteiger partial charge on any atom is -0.491 e. The molecule has 3 heterocycles. The number of halogens is 1. The summed E-state index contributed by atoms with van der Waals surface area (Å²) in [5.41, 5.74) is 2.17. The van der Waals surface area contributed by atoms with Gasteiger partial charge in [-0.15, -0.1) is 0 Å². The maximum absolute atomic E-state index is 12.7. The van der Waals surface area contributed by atoms with Gasteiger partial charge >= 0.3 is 0 Å². The van der Waals surface area contributed by atoms with Crippen LogP contribution in [0.3, 0.4) is 0 Å². The summed E-state index contributed by atoms with van der Waals surface area (Å²) in [7, 11) is 0. The Balaban J connectivity index is 1.51. The topological polar surface area (TPSA) is 78.6 Å². The number of thioether (sulfide) groups is 1. The molecule has 1 fully saturated rings. The van der Waals surface area contributed by atoms with E-state index >= 15 is 0 Å². The van der Waals surface area contributed by atoms with Crippen LogP contribution in [0, 0.1) is 0 Å². The Morgan fingerprint density at radius 3 is 2.93 bits per heavy atom. The first kappa shape index (κ1) is 21.5. The van der Waals surface area contributed by atoms with Crippen LogP contribution in [-0.4, -0.2) is 60.9 Å². The molecule has 1 saturated heterocycles. The van der Waals surface area contributed by atoms with Gasteiger partial charge in [0, 0.05) is 37.1 Å². The van der Waals surface area contributed by atoms with Gasteiger partial charge in [-0.05, 0) is 31.4 Å². The third-order valence-electron chi connectivity index (χ3n) is 5.06. The van der Waals surface area contributed by atoms with E-state index in [0.29, 0.717) is 40.0 Å². The standard InChI is InChI=1S/C21H27ClN4O3S/c1-13(2)23-21-25-16(12-30-21)15-11-17(27)14-3-4-18(19(22)20(14)24-15)29-10-7-26-5-8-28-9-6-26/h3-4,11-13,21,23,25H,5-10H2,1-2H3,(H,24,27). The minimum atomic E-state index is -0.0755. The lowest BCUT2D eigenvalue weighted by Gasteiger charge is -2.26. The third kappa shape index (κ3) is 4.95. The van der Waals surface area contributed by atoms with E-state index in [2.05, 4.69) is 34.4 Å². The molecule has 1 aromatic heterocycles. The van der Waals surface area contributed by atoms with Gasteiger partial charge in [-0.2, -0.15) is 0 Å². The van der Waals surface area contributed by atoms with Gasteiger partial charge < -0.3 is 19.8 Å². The molecule has 4 rings (SSSR count). The summed E-state index contributed by atoms with van der Waals surface area (Å²) in [6, 6.07) is 5.49. The van der Waals surface area contributed by atoms with Crippen molar-refractivity contribution in [2.75, 3.05) is 39.5 Å². The summed E-state index contributed by atoms with van der Waals surface area (Å²) in [5.74, 6) is 0.576. The highest BCUT2D eigenvalue weighted by atomic mass is 35.5. The molecule has 0 spiro atoms. The highest BCUT2D eigenvalue weighted by molar-refractivity contribution is 8.03. The molecule has 0 aliphatic carbocycles. The van der Waals surface area contributed by atoms with Crippen molar-refractivity contribution in [2.24, 2.45) is 0 Å². The first-order chi connectivity index (χ1) is 14.5. The average molecular weight is 451 g/mol. The van der Waals surface area contributed by atoms with Crippen LogP contribution in [0.2, 0.25) is 5.02 Å². The molecule has 0 saturated carbocycles. The van der Waals surface area contributed by atoms with Crippen molar-refractivity contribution < 1.29 is 9.47 Å². The zero-order valence-electron chi connectivity index (χ0n) is 17.2. The predicted octanol–water partition coefficient (Wildman–Crippen LogP) is 2.81. The van der Waals surface area contributed by atoms with E-state index in [4.69, 9.17) is 21.1 Å². The molecule has 0 radical (unpaired) electrons. The van der Waals surface area contributed by atoms with Crippen LogP contribution >= 0.6 is 23.4 Å². The van der Waals surface area contributed by atoms with E-state index in [1.54, 1.807) is 30.0 Å². The first-order valence-corrected chi connectivity index (χ1v) is 11.5. The Hall–Kier alpha value is -1.71. The Morgan fingerprint density at radius 1 is 1.37 bits per heavy atom. The molecule has 0 amide bonds. The molecule has 2 aromatic rings. The van der Waals surface area contributed by atoms with Crippen LogP contribution < -0.4 is 20.8 Å². The first-order valence-electron chi connectivity index (χ1n) is 10.2. The minimum absolute atomic E-state index is 0.0736. The average Bonchev–Trinajstić information content (AvgIpc) is 3.18. The Bertz CT molecular complexity index is 988. The molecule has 9 heteroatoms. The van der Waals surface area contributed by atoms with E-state index in [1.165, 1.54) is 0 Å². The fourth-order valence-corrected chi connectivity index (χ4v) is 4.78. The summed E-state index contributed by atoms with van der Waals surface area (Å²) in [6.07, 6.45) is 0. The van der Waals surface area contributed by atoms with Crippen molar-refractivity contribution in [3.05, 3.63) is 44.5 Å². The highest BCUT2D eigenvalue weighted by Gasteiger charge is 2.20.